The molecule has 8 bridgehead atoms. The maximum Gasteiger partial charge on any atom is 0.0204 e. The van der Waals surface area contributed by atoms with Gasteiger partial charge in [0.2, 0.25) is 0 Å². The minimum atomic E-state index is 0.288. The molecular weight excluding hydrogens is 732 g/mol. The van der Waals surface area contributed by atoms with Crippen molar-refractivity contribution in [1.29, 1.82) is 0 Å². The molecule has 0 N–H and O–H groups in total. The van der Waals surface area contributed by atoms with Crippen LogP contribution < -0.4 is 0 Å². The lowest BCUT2D eigenvalue weighted by atomic mass is 9.28. The molecule has 3 heteroatoms. The van der Waals surface area contributed by atoms with Crippen LogP contribution in [0.2, 0.25) is 0 Å². The average molecular weight is 778 g/mol. The summed E-state index contributed by atoms with van der Waals surface area (Å²) in [5.41, 5.74) is 11.0. The van der Waals surface area contributed by atoms with Gasteiger partial charge in [-0.05, 0) is 194 Å². The fourth-order valence-corrected chi connectivity index (χ4v) is 14.6. The third kappa shape index (κ3) is 4.03. The molecule has 0 saturated heterocycles. The molecular formula is C41H45Br3. The van der Waals surface area contributed by atoms with E-state index in [0.717, 1.165) is 17.8 Å². The molecule has 0 heterocycles. The van der Waals surface area contributed by atoms with E-state index in [9.17, 15) is 0 Å². The van der Waals surface area contributed by atoms with Gasteiger partial charge in [-0.25, -0.2) is 0 Å². The zero-order valence-electron chi connectivity index (χ0n) is 26.5. The van der Waals surface area contributed by atoms with Crippen molar-refractivity contribution >= 4 is 47.8 Å². The van der Waals surface area contributed by atoms with Crippen LogP contribution in [0.5, 0.6) is 0 Å². The summed E-state index contributed by atoms with van der Waals surface area (Å²) in [5, 5.41) is 0. The highest BCUT2D eigenvalue weighted by molar-refractivity contribution is 9.11. The summed E-state index contributed by atoms with van der Waals surface area (Å²) in [4.78, 5) is 0. The molecule has 0 radical (unpaired) electrons. The summed E-state index contributed by atoms with van der Waals surface area (Å²) in [6.45, 7) is 6.92. The lowest BCUT2D eigenvalue weighted by Gasteiger charge is -2.76. The Labute approximate surface area is 290 Å². The zero-order chi connectivity index (χ0) is 30.3. The van der Waals surface area contributed by atoms with E-state index >= 15 is 0 Å². The Morgan fingerprint density at radius 3 is 1.30 bits per heavy atom. The van der Waals surface area contributed by atoms with Crippen LogP contribution in [0.1, 0.15) is 110 Å². The topological polar surface area (TPSA) is 0 Å². The van der Waals surface area contributed by atoms with E-state index in [1.54, 1.807) is 16.7 Å². The maximum atomic E-state index is 3.85. The summed E-state index contributed by atoms with van der Waals surface area (Å²) in [6.07, 6.45) is 17.2. The highest BCUT2D eigenvalue weighted by atomic mass is 79.9. The molecule has 0 amide bonds. The van der Waals surface area contributed by atoms with E-state index < -0.39 is 0 Å². The predicted molar refractivity (Wildman–Crippen MR) is 192 cm³/mol. The molecule has 11 rings (SSSR count). The van der Waals surface area contributed by atoms with Crippen molar-refractivity contribution in [3.05, 3.63) is 101 Å². The van der Waals surface area contributed by atoms with Crippen LogP contribution in [0.4, 0.5) is 0 Å². The van der Waals surface area contributed by atoms with Crippen LogP contribution in [0.15, 0.2) is 68.0 Å². The van der Waals surface area contributed by atoms with Gasteiger partial charge in [-0.2, -0.15) is 0 Å². The smallest absolute Gasteiger partial charge is 0.0204 e. The molecule has 8 fully saturated rings. The predicted octanol–water partition coefficient (Wildman–Crippen LogP) is 12.6. The molecule has 0 spiro atoms. The summed E-state index contributed by atoms with van der Waals surface area (Å²) in [5.74, 6) is 2.65. The summed E-state index contributed by atoms with van der Waals surface area (Å²) < 4.78 is 3.78. The maximum absolute atomic E-state index is 3.85. The van der Waals surface area contributed by atoms with E-state index in [1.165, 1.54) is 107 Å². The van der Waals surface area contributed by atoms with Crippen molar-refractivity contribution in [2.75, 3.05) is 0 Å². The van der Waals surface area contributed by atoms with Crippen LogP contribution in [0.3, 0.4) is 0 Å². The van der Waals surface area contributed by atoms with Crippen molar-refractivity contribution in [2.45, 2.75) is 114 Å². The molecule has 4 atom stereocenters. The fraction of sp³-hybridized carbons (Fsp3) is 0.561. The number of hydrogen-bond donors (Lipinski definition) is 0. The molecule has 0 aromatic heterocycles. The average Bonchev–Trinajstić information content (AvgIpc) is 2.96. The second-order valence-electron chi connectivity index (χ2n) is 17.3. The first kappa shape index (κ1) is 29.3. The minimum absolute atomic E-state index is 0.288. The van der Waals surface area contributed by atoms with Gasteiger partial charge in [-0.15, -0.1) is 0 Å². The largest absolute Gasteiger partial charge is 0.0573 e. The highest BCUT2D eigenvalue weighted by Crippen LogP contribution is 2.80. The summed E-state index contributed by atoms with van der Waals surface area (Å²) >= 11 is 11.5. The Balaban J connectivity index is 1.22. The number of rotatable bonds is 4. The Hall–Kier alpha value is -0.900. The standard InChI is InChI=1S/C41H45Br3/c1-25-10-31(4-7-34(25)42)37-14-28-13-29(15-37)19-40(18-28,22-37)41-20-30-16-38(23-41,32-5-8-35(43)26(2)11-32)21-39(17-30,24-41)33-6-9-36(44)27(3)12-33/h4-12,28-30H,13-24H2,1-3H3. The molecule has 3 aromatic carbocycles. The second-order valence-corrected chi connectivity index (χ2v) is 19.8. The number of halogens is 3. The normalized spacial score (nSPS) is 41.5. The lowest BCUT2D eigenvalue weighted by Crippen LogP contribution is -2.68. The van der Waals surface area contributed by atoms with Crippen molar-refractivity contribution < 1.29 is 0 Å². The van der Waals surface area contributed by atoms with Crippen LogP contribution >= 0.6 is 47.8 Å². The van der Waals surface area contributed by atoms with Crippen molar-refractivity contribution in [2.24, 2.45) is 28.6 Å². The van der Waals surface area contributed by atoms with Gasteiger partial charge in [0.15, 0.2) is 0 Å². The summed E-state index contributed by atoms with van der Waals surface area (Å²) in [6, 6.07) is 22.4. The molecule has 0 aliphatic heterocycles. The van der Waals surface area contributed by atoms with Gasteiger partial charge in [0, 0.05) is 13.4 Å². The van der Waals surface area contributed by atoms with Crippen molar-refractivity contribution in [1.82, 2.24) is 0 Å². The van der Waals surface area contributed by atoms with Crippen LogP contribution in [0.25, 0.3) is 0 Å². The molecule has 230 valence electrons. The highest BCUT2D eigenvalue weighted by Gasteiger charge is 2.72. The number of hydrogen-bond acceptors (Lipinski definition) is 0. The quantitative estimate of drug-likeness (QED) is 0.248. The van der Waals surface area contributed by atoms with Gasteiger partial charge in [-0.3, -0.25) is 0 Å². The summed E-state index contributed by atoms with van der Waals surface area (Å²) in [7, 11) is 0. The number of benzene rings is 3. The van der Waals surface area contributed by atoms with E-state index in [-0.39, 0.29) is 10.8 Å². The van der Waals surface area contributed by atoms with Crippen molar-refractivity contribution in [3.8, 4) is 0 Å². The van der Waals surface area contributed by atoms with E-state index in [4.69, 9.17) is 0 Å². The Kier molecular flexibility index (Phi) is 6.38. The molecule has 44 heavy (non-hydrogen) atoms. The Bertz CT molecular complexity index is 1620. The fourth-order valence-electron chi connectivity index (χ4n) is 13.8. The van der Waals surface area contributed by atoms with E-state index in [0.29, 0.717) is 16.2 Å². The monoisotopic (exact) mass is 774 g/mol. The zero-order valence-corrected chi connectivity index (χ0v) is 31.3. The molecule has 3 aromatic rings. The molecule has 8 saturated carbocycles. The molecule has 8 aliphatic carbocycles. The van der Waals surface area contributed by atoms with Gasteiger partial charge < -0.3 is 0 Å². The van der Waals surface area contributed by atoms with Gasteiger partial charge in [0.25, 0.3) is 0 Å². The van der Waals surface area contributed by atoms with Gasteiger partial charge in [-0.1, -0.05) is 84.2 Å². The molecule has 0 nitrogen and oxygen atoms in total. The Morgan fingerprint density at radius 1 is 0.455 bits per heavy atom. The first-order chi connectivity index (χ1) is 21.0. The Morgan fingerprint density at radius 2 is 0.841 bits per heavy atom. The molecule has 8 aliphatic rings. The van der Waals surface area contributed by atoms with Gasteiger partial charge in [0.05, 0.1) is 0 Å². The van der Waals surface area contributed by atoms with Crippen LogP contribution in [-0.2, 0) is 16.2 Å². The lowest BCUT2D eigenvalue weighted by molar-refractivity contribution is -0.218. The molecule has 4 unspecified atom stereocenters. The second kappa shape index (κ2) is 9.59. The van der Waals surface area contributed by atoms with E-state index in [2.05, 4.69) is 123 Å². The van der Waals surface area contributed by atoms with Crippen molar-refractivity contribution in [3.63, 3.8) is 0 Å². The van der Waals surface area contributed by atoms with E-state index in [1.807, 2.05) is 0 Å². The SMILES string of the molecule is Cc1cc(C23CC4CC(C2)CC(C25CC6CC(c7ccc(Br)c(C)c7)(CC(c7ccc(Br)c(C)c7)(C6)C2)C5)(C4)C3)ccc1Br. The third-order valence-corrected chi connectivity index (χ3v) is 17.2. The first-order valence-corrected chi connectivity index (χ1v) is 19.6. The van der Waals surface area contributed by atoms with Gasteiger partial charge >= 0.3 is 0 Å². The third-order valence-electron chi connectivity index (χ3n) is 14.6. The van der Waals surface area contributed by atoms with Crippen LogP contribution in [-0.4, -0.2) is 0 Å². The van der Waals surface area contributed by atoms with Crippen LogP contribution in [0, 0.1) is 49.4 Å². The minimum Gasteiger partial charge on any atom is -0.0573 e. The first-order valence-electron chi connectivity index (χ1n) is 17.3. The number of aryl methyl sites for hydroxylation is 3. The van der Waals surface area contributed by atoms with Gasteiger partial charge in [0.1, 0.15) is 0 Å².